The molecule has 59 heavy (non-hydrogen) atoms. The lowest BCUT2D eigenvalue weighted by Gasteiger charge is -2.18. The van der Waals surface area contributed by atoms with E-state index in [9.17, 15) is 14.4 Å². The van der Waals surface area contributed by atoms with Gasteiger partial charge in [0, 0.05) is 19.3 Å². The molecule has 0 aromatic carbocycles. The molecule has 6 nitrogen and oxygen atoms in total. The summed E-state index contributed by atoms with van der Waals surface area (Å²) < 4.78 is 16.6. The van der Waals surface area contributed by atoms with E-state index >= 15 is 0 Å². The summed E-state index contributed by atoms with van der Waals surface area (Å²) in [4.78, 5) is 37.7. The highest BCUT2D eigenvalue weighted by molar-refractivity contribution is 5.71. The zero-order valence-electron chi connectivity index (χ0n) is 37.2. The van der Waals surface area contributed by atoms with Gasteiger partial charge in [0.25, 0.3) is 0 Å². The van der Waals surface area contributed by atoms with E-state index in [0.717, 1.165) is 96.3 Å². The Morgan fingerprint density at radius 1 is 0.373 bits per heavy atom. The Kier molecular flexibility index (Phi) is 42.8. The van der Waals surface area contributed by atoms with Crippen LogP contribution in [-0.4, -0.2) is 37.2 Å². The summed E-state index contributed by atoms with van der Waals surface area (Å²) in [5, 5.41) is 0. The van der Waals surface area contributed by atoms with Gasteiger partial charge in [-0.25, -0.2) is 0 Å². The van der Waals surface area contributed by atoms with E-state index in [1.807, 2.05) is 72.9 Å². The second-order valence-corrected chi connectivity index (χ2v) is 14.4. The normalized spacial score (nSPS) is 13.3. The third-order valence-corrected chi connectivity index (χ3v) is 8.81. The Morgan fingerprint density at radius 2 is 0.746 bits per heavy atom. The van der Waals surface area contributed by atoms with Crippen LogP contribution in [0.2, 0.25) is 0 Å². The maximum Gasteiger partial charge on any atom is 0.306 e. The molecule has 0 heterocycles. The molecule has 0 aromatic rings. The number of carbonyl (C=O) groups excluding carboxylic acids is 3. The molecule has 1 unspecified atom stereocenters. The SMILES string of the molecule is CC\C=C/C=C\C=C/C=C\C=C\C=C/C=C\CCCCCC(=O)OCC(COC(=O)CCCCCC/C=C\CCCC)OC(=O)CCCC/C=C\C/C=C\C/C=C\CC. The minimum absolute atomic E-state index is 0.120. The van der Waals surface area contributed by atoms with Crippen LogP contribution in [0.15, 0.2) is 134 Å². The number of ether oxygens (including phenoxy) is 3. The zero-order chi connectivity index (χ0) is 43.0. The zero-order valence-corrected chi connectivity index (χ0v) is 37.2. The quantitative estimate of drug-likeness (QED) is 0.0203. The first-order valence-corrected chi connectivity index (χ1v) is 22.8. The van der Waals surface area contributed by atoms with Crippen molar-refractivity contribution in [1.29, 1.82) is 0 Å². The van der Waals surface area contributed by atoms with Crippen LogP contribution in [-0.2, 0) is 28.6 Å². The predicted molar refractivity (Wildman–Crippen MR) is 251 cm³/mol. The van der Waals surface area contributed by atoms with Gasteiger partial charge in [-0.1, -0.05) is 187 Å². The second-order valence-electron chi connectivity index (χ2n) is 14.4. The van der Waals surface area contributed by atoms with Gasteiger partial charge < -0.3 is 14.2 Å². The highest BCUT2D eigenvalue weighted by Crippen LogP contribution is 2.11. The Hall–Kier alpha value is -4.45. The van der Waals surface area contributed by atoms with Gasteiger partial charge in [-0.15, -0.1) is 0 Å². The summed E-state index contributed by atoms with van der Waals surface area (Å²) >= 11 is 0. The first kappa shape index (κ1) is 54.6. The highest BCUT2D eigenvalue weighted by Gasteiger charge is 2.19. The molecule has 0 aliphatic carbocycles. The fourth-order valence-electron chi connectivity index (χ4n) is 5.42. The number of hydrogen-bond acceptors (Lipinski definition) is 6. The lowest BCUT2D eigenvalue weighted by atomic mass is 10.1. The van der Waals surface area contributed by atoms with Crippen molar-refractivity contribution in [2.45, 2.75) is 168 Å². The van der Waals surface area contributed by atoms with Crippen LogP contribution < -0.4 is 0 Å². The first-order chi connectivity index (χ1) is 29.0. The highest BCUT2D eigenvalue weighted by atomic mass is 16.6. The standard InChI is InChI=1S/C53H80O6/c1-4-7-10-13-16-19-22-24-25-26-27-28-29-30-32-34-37-40-43-46-52(55)58-49-50(48-57-51(54)45-42-39-36-33-21-18-15-12-9-6-3)59-53(56)47-44-41-38-35-31-23-20-17-14-11-8-5-2/h7-8,10-11,13,15-20,22,24-32,35,50H,4-6,9,12,14,21,23,33-34,36-49H2,1-3H3/b10-7-,11-8-,16-13-,18-15-,20-17-,22-19-,25-24-,27-26+,29-28-,32-30-,35-31-. The summed E-state index contributed by atoms with van der Waals surface area (Å²) in [5.74, 6) is -1.04. The van der Waals surface area contributed by atoms with Crippen LogP contribution in [0.5, 0.6) is 0 Å². The molecule has 1 atom stereocenters. The van der Waals surface area contributed by atoms with Crippen molar-refractivity contribution >= 4 is 17.9 Å². The van der Waals surface area contributed by atoms with Gasteiger partial charge >= 0.3 is 17.9 Å². The summed E-state index contributed by atoms with van der Waals surface area (Å²) in [5.41, 5.74) is 0. The van der Waals surface area contributed by atoms with Gasteiger partial charge in [0.15, 0.2) is 6.10 Å². The van der Waals surface area contributed by atoms with Crippen molar-refractivity contribution in [1.82, 2.24) is 0 Å². The molecule has 0 aromatic heterocycles. The summed E-state index contributed by atoms with van der Waals surface area (Å²) in [6.07, 6.45) is 64.3. The maximum absolute atomic E-state index is 12.7. The summed E-state index contributed by atoms with van der Waals surface area (Å²) in [6.45, 7) is 6.20. The molecule has 0 spiro atoms. The van der Waals surface area contributed by atoms with Crippen LogP contribution in [0.1, 0.15) is 162 Å². The molecule has 0 saturated carbocycles. The Morgan fingerprint density at radius 3 is 1.29 bits per heavy atom. The number of carbonyl (C=O) groups is 3. The van der Waals surface area contributed by atoms with E-state index in [2.05, 4.69) is 81.5 Å². The molecule has 0 bridgehead atoms. The number of hydrogen-bond donors (Lipinski definition) is 0. The predicted octanol–water partition coefficient (Wildman–Crippen LogP) is 14.7. The van der Waals surface area contributed by atoms with E-state index in [0.29, 0.717) is 19.3 Å². The molecule has 328 valence electrons. The third-order valence-electron chi connectivity index (χ3n) is 8.81. The number of unbranched alkanes of at least 4 members (excludes halogenated alkanes) is 11. The average Bonchev–Trinajstić information content (AvgIpc) is 3.23. The molecule has 0 rings (SSSR count). The first-order valence-electron chi connectivity index (χ1n) is 22.8. The van der Waals surface area contributed by atoms with Crippen LogP contribution >= 0.6 is 0 Å². The van der Waals surface area contributed by atoms with E-state index in [4.69, 9.17) is 14.2 Å². The van der Waals surface area contributed by atoms with E-state index in [-0.39, 0.29) is 44.0 Å². The Balaban J connectivity index is 4.56. The average molecular weight is 813 g/mol. The van der Waals surface area contributed by atoms with Crippen LogP contribution in [0.4, 0.5) is 0 Å². The van der Waals surface area contributed by atoms with Crippen LogP contribution in [0.25, 0.3) is 0 Å². The molecular formula is C53H80O6. The van der Waals surface area contributed by atoms with Crippen molar-refractivity contribution in [3.8, 4) is 0 Å². The summed E-state index contributed by atoms with van der Waals surface area (Å²) in [6, 6.07) is 0. The summed E-state index contributed by atoms with van der Waals surface area (Å²) in [7, 11) is 0. The molecular weight excluding hydrogens is 733 g/mol. The molecule has 0 saturated heterocycles. The molecule has 6 heteroatoms. The number of allylic oxidation sites excluding steroid dienone is 22. The Labute approximate surface area is 360 Å². The lowest BCUT2D eigenvalue weighted by molar-refractivity contribution is -0.167. The maximum atomic E-state index is 12.7. The molecule has 0 radical (unpaired) electrons. The molecule has 0 amide bonds. The smallest absolute Gasteiger partial charge is 0.306 e. The van der Waals surface area contributed by atoms with Gasteiger partial charge in [0.2, 0.25) is 0 Å². The largest absolute Gasteiger partial charge is 0.462 e. The lowest BCUT2D eigenvalue weighted by Crippen LogP contribution is -2.30. The monoisotopic (exact) mass is 813 g/mol. The van der Waals surface area contributed by atoms with E-state index in [1.165, 1.54) is 12.8 Å². The fourth-order valence-corrected chi connectivity index (χ4v) is 5.42. The molecule has 0 aliphatic heterocycles. The van der Waals surface area contributed by atoms with Crippen molar-refractivity contribution in [3.05, 3.63) is 134 Å². The minimum Gasteiger partial charge on any atom is -0.462 e. The van der Waals surface area contributed by atoms with Crippen LogP contribution in [0.3, 0.4) is 0 Å². The topological polar surface area (TPSA) is 78.9 Å². The fraction of sp³-hybridized carbons (Fsp3) is 0.528. The molecule has 0 fully saturated rings. The van der Waals surface area contributed by atoms with E-state index in [1.54, 1.807) is 0 Å². The number of esters is 3. The minimum atomic E-state index is -0.824. The second kappa shape index (κ2) is 46.2. The van der Waals surface area contributed by atoms with Crippen molar-refractivity contribution in [2.24, 2.45) is 0 Å². The van der Waals surface area contributed by atoms with Crippen molar-refractivity contribution in [3.63, 3.8) is 0 Å². The van der Waals surface area contributed by atoms with Gasteiger partial charge in [-0.3, -0.25) is 14.4 Å². The van der Waals surface area contributed by atoms with Crippen molar-refractivity contribution < 1.29 is 28.6 Å². The van der Waals surface area contributed by atoms with E-state index < -0.39 is 6.10 Å². The van der Waals surface area contributed by atoms with Gasteiger partial charge in [0.05, 0.1) is 0 Å². The van der Waals surface area contributed by atoms with Gasteiger partial charge in [-0.2, -0.15) is 0 Å². The van der Waals surface area contributed by atoms with Gasteiger partial charge in [-0.05, 0) is 89.9 Å². The third kappa shape index (κ3) is 44.5. The number of rotatable bonds is 38. The molecule has 0 aliphatic rings. The van der Waals surface area contributed by atoms with Crippen molar-refractivity contribution in [2.75, 3.05) is 13.2 Å². The Bertz CT molecular complexity index is 1350. The van der Waals surface area contributed by atoms with Gasteiger partial charge in [0.1, 0.15) is 13.2 Å². The van der Waals surface area contributed by atoms with Crippen LogP contribution in [0, 0.1) is 0 Å². The molecule has 0 N–H and O–H groups in total.